The maximum atomic E-state index is 11.1. The maximum Gasteiger partial charge on any atom is 0.221 e. The van der Waals surface area contributed by atoms with Crippen LogP contribution in [0.3, 0.4) is 0 Å². The number of fused-ring (bicyclic) bond motifs is 1. The van der Waals surface area contributed by atoms with Gasteiger partial charge in [-0.2, -0.15) is 0 Å². The van der Waals surface area contributed by atoms with E-state index in [9.17, 15) is 4.79 Å². The largest absolute Gasteiger partial charge is 0.340 e. The molecule has 0 fully saturated rings. The molecule has 6 heteroatoms. The summed E-state index contributed by atoms with van der Waals surface area (Å²) in [6.07, 6.45) is 3.57. The van der Waals surface area contributed by atoms with Gasteiger partial charge in [0.2, 0.25) is 5.91 Å². The normalized spacial score (nSPS) is 10.8. The Morgan fingerprint density at radius 1 is 0.929 bits per heavy atom. The summed E-state index contributed by atoms with van der Waals surface area (Å²) in [6.45, 7) is 5.70. The van der Waals surface area contributed by atoms with Crippen molar-refractivity contribution in [3.8, 4) is 5.69 Å². The molecule has 140 valence electrons. The van der Waals surface area contributed by atoms with Gasteiger partial charge in [-0.1, -0.05) is 6.07 Å². The summed E-state index contributed by atoms with van der Waals surface area (Å²) in [6, 6.07) is 15.9. The van der Waals surface area contributed by atoms with Crippen LogP contribution in [-0.4, -0.2) is 20.4 Å². The molecule has 1 amide bonds. The zero-order chi connectivity index (χ0) is 19.7. The zero-order valence-corrected chi connectivity index (χ0v) is 16.0. The standard InChI is InChI=1S/C22H21N5O/c1-14-4-9-19(12-15(14)2)27-11-10-20-21(23-13-24-22(20)27)26-18-7-5-17(6-8-18)25-16(3)28/h4-13H,1-3H3,(H,25,28)(H,23,24,26). The number of anilines is 3. The summed E-state index contributed by atoms with van der Waals surface area (Å²) >= 11 is 0. The molecular formula is C22H21N5O. The van der Waals surface area contributed by atoms with Crippen LogP contribution in [0.5, 0.6) is 0 Å². The van der Waals surface area contributed by atoms with Gasteiger partial charge in [0.05, 0.1) is 5.39 Å². The lowest BCUT2D eigenvalue weighted by molar-refractivity contribution is -0.114. The number of nitrogens with zero attached hydrogens (tertiary/aromatic N) is 3. The van der Waals surface area contributed by atoms with Gasteiger partial charge in [0.25, 0.3) is 0 Å². The Morgan fingerprint density at radius 2 is 1.68 bits per heavy atom. The van der Waals surface area contributed by atoms with Crippen molar-refractivity contribution in [2.24, 2.45) is 0 Å². The van der Waals surface area contributed by atoms with E-state index in [0.29, 0.717) is 0 Å². The Bertz CT molecular complexity index is 1160. The Hall–Kier alpha value is -3.67. The number of benzene rings is 2. The second-order valence-electron chi connectivity index (χ2n) is 6.80. The predicted octanol–water partition coefficient (Wildman–Crippen LogP) is 4.74. The minimum Gasteiger partial charge on any atom is -0.340 e. The lowest BCUT2D eigenvalue weighted by Gasteiger charge is -2.10. The molecule has 0 atom stereocenters. The van der Waals surface area contributed by atoms with Crippen LogP contribution in [0.2, 0.25) is 0 Å². The smallest absolute Gasteiger partial charge is 0.221 e. The molecule has 0 saturated heterocycles. The van der Waals surface area contributed by atoms with E-state index >= 15 is 0 Å². The van der Waals surface area contributed by atoms with E-state index in [-0.39, 0.29) is 5.91 Å². The lowest BCUT2D eigenvalue weighted by Crippen LogP contribution is -2.05. The molecule has 0 aliphatic heterocycles. The molecule has 4 aromatic rings. The number of carbonyl (C=O) groups is 1. The van der Waals surface area contributed by atoms with Crippen molar-refractivity contribution in [3.05, 3.63) is 72.2 Å². The molecule has 0 saturated carbocycles. The van der Waals surface area contributed by atoms with Crippen molar-refractivity contribution in [2.75, 3.05) is 10.6 Å². The van der Waals surface area contributed by atoms with Crippen LogP contribution in [-0.2, 0) is 4.79 Å². The van der Waals surface area contributed by atoms with Gasteiger partial charge in [0.1, 0.15) is 17.8 Å². The molecule has 0 unspecified atom stereocenters. The monoisotopic (exact) mass is 371 g/mol. The molecule has 4 rings (SSSR count). The first-order valence-electron chi connectivity index (χ1n) is 9.05. The average Bonchev–Trinajstić information content (AvgIpc) is 3.10. The van der Waals surface area contributed by atoms with Crippen LogP contribution in [0.25, 0.3) is 16.7 Å². The second kappa shape index (κ2) is 7.15. The fourth-order valence-corrected chi connectivity index (χ4v) is 3.11. The number of amides is 1. The summed E-state index contributed by atoms with van der Waals surface area (Å²) in [5.41, 5.74) is 6.06. The van der Waals surface area contributed by atoms with Crippen LogP contribution in [0, 0.1) is 13.8 Å². The summed E-state index contributed by atoms with van der Waals surface area (Å²) in [5, 5.41) is 7.03. The molecule has 0 aliphatic carbocycles. The summed E-state index contributed by atoms with van der Waals surface area (Å²) < 4.78 is 2.06. The van der Waals surface area contributed by atoms with E-state index in [0.717, 1.165) is 33.9 Å². The number of hydrogen-bond donors (Lipinski definition) is 2. The molecule has 2 heterocycles. The minimum atomic E-state index is -0.0918. The quantitative estimate of drug-likeness (QED) is 0.543. The minimum absolute atomic E-state index is 0.0918. The van der Waals surface area contributed by atoms with Crippen molar-refractivity contribution in [1.82, 2.24) is 14.5 Å². The first kappa shape index (κ1) is 17.7. The van der Waals surface area contributed by atoms with Crippen molar-refractivity contribution < 1.29 is 4.79 Å². The van der Waals surface area contributed by atoms with Crippen molar-refractivity contribution in [1.29, 1.82) is 0 Å². The third kappa shape index (κ3) is 3.44. The number of aryl methyl sites for hydroxylation is 2. The first-order valence-corrected chi connectivity index (χ1v) is 9.05. The van der Waals surface area contributed by atoms with Gasteiger partial charge in [0, 0.05) is 30.2 Å². The summed E-state index contributed by atoms with van der Waals surface area (Å²) in [7, 11) is 0. The zero-order valence-electron chi connectivity index (χ0n) is 16.0. The Balaban J connectivity index is 1.66. The topological polar surface area (TPSA) is 71.8 Å². The lowest BCUT2D eigenvalue weighted by atomic mass is 10.1. The van der Waals surface area contributed by atoms with E-state index in [4.69, 9.17) is 0 Å². The van der Waals surface area contributed by atoms with Crippen LogP contribution in [0.1, 0.15) is 18.1 Å². The van der Waals surface area contributed by atoms with Gasteiger partial charge in [-0.15, -0.1) is 0 Å². The fourth-order valence-electron chi connectivity index (χ4n) is 3.11. The Kier molecular flexibility index (Phi) is 4.53. The molecule has 2 aromatic carbocycles. The third-order valence-corrected chi connectivity index (χ3v) is 4.72. The fraction of sp³-hybridized carbons (Fsp3) is 0.136. The van der Waals surface area contributed by atoms with Gasteiger partial charge in [-0.3, -0.25) is 4.79 Å². The molecule has 0 bridgehead atoms. The number of carbonyl (C=O) groups excluding carboxylic acids is 1. The van der Waals surface area contributed by atoms with Crippen LogP contribution >= 0.6 is 0 Å². The van der Waals surface area contributed by atoms with E-state index in [2.05, 4.69) is 57.2 Å². The molecule has 0 spiro atoms. The van der Waals surface area contributed by atoms with Crippen LogP contribution in [0.4, 0.5) is 17.2 Å². The van der Waals surface area contributed by atoms with E-state index < -0.39 is 0 Å². The van der Waals surface area contributed by atoms with Crippen LogP contribution < -0.4 is 10.6 Å². The SMILES string of the molecule is CC(=O)Nc1ccc(Nc2ncnc3c2ccn3-c2ccc(C)c(C)c2)cc1. The molecule has 0 aliphatic rings. The maximum absolute atomic E-state index is 11.1. The summed E-state index contributed by atoms with van der Waals surface area (Å²) in [5.74, 6) is 0.644. The Morgan fingerprint density at radius 3 is 2.39 bits per heavy atom. The van der Waals surface area contributed by atoms with Crippen LogP contribution in [0.15, 0.2) is 61.1 Å². The molecule has 6 nitrogen and oxygen atoms in total. The highest BCUT2D eigenvalue weighted by Crippen LogP contribution is 2.27. The highest BCUT2D eigenvalue weighted by Gasteiger charge is 2.10. The summed E-state index contributed by atoms with van der Waals surface area (Å²) in [4.78, 5) is 20.0. The van der Waals surface area contributed by atoms with Crippen molar-refractivity contribution in [3.63, 3.8) is 0 Å². The number of rotatable bonds is 4. The number of nitrogens with one attached hydrogen (secondary N) is 2. The molecule has 28 heavy (non-hydrogen) atoms. The third-order valence-electron chi connectivity index (χ3n) is 4.72. The van der Waals surface area contributed by atoms with Crippen molar-refractivity contribution in [2.45, 2.75) is 20.8 Å². The molecular weight excluding hydrogens is 350 g/mol. The first-order chi connectivity index (χ1) is 13.5. The Labute approximate surface area is 163 Å². The highest BCUT2D eigenvalue weighted by atomic mass is 16.1. The number of hydrogen-bond acceptors (Lipinski definition) is 4. The average molecular weight is 371 g/mol. The highest BCUT2D eigenvalue weighted by molar-refractivity contribution is 5.91. The predicted molar refractivity (Wildman–Crippen MR) is 112 cm³/mol. The van der Waals surface area contributed by atoms with Gasteiger partial charge in [0.15, 0.2) is 0 Å². The van der Waals surface area contributed by atoms with E-state index in [1.807, 2.05) is 36.5 Å². The van der Waals surface area contributed by atoms with Gasteiger partial charge >= 0.3 is 0 Å². The second-order valence-corrected chi connectivity index (χ2v) is 6.80. The molecule has 0 radical (unpaired) electrons. The van der Waals surface area contributed by atoms with Crippen molar-refractivity contribution >= 4 is 34.1 Å². The van der Waals surface area contributed by atoms with Gasteiger partial charge < -0.3 is 15.2 Å². The molecule has 2 N–H and O–H groups in total. The van der Waals surface area contributed by atoms with Gasteiger partial charge in [-0.05, 0) is 67.4 Å². The number of aromatic nitrogens is 3. The van der Waals surface area contributed by atoms with E-state index in [1.54, 1.807) is 6.33 Å². The van der Waals surface area contributed by atoms with E-state index in [1.165, 1.54) is 18.1 Å². The van der Waals surface area contributed by atoms with Gasteiger partial charge in [-0.25, -0.2) is 9.97 Å². The molecule has 2 aromatic heterocycles.